The number of ether oxygens (including phenoxy) is 1. The molecule has 0 aliphatic rings. The molecule has 0 aromatic heterocycles. The van der Waals surface area contributed by atoms with Crippen LogP contribution in [0.2, 0.25) is 0 Å². The average Bonchev–Trinajstić information content (AvgIpc) is 2.05. The molecule has 0 aliphatic carbocycles. The van der Waals surface area contributed by atoms with E-state index in [0.29, 0.717) is 6.10 Å². The van der Waals surface area contributed by atoms with E-state index in [4.69, 9.17) is 4.74 Å². The quantitative estimate of drug-likeness (QED) is 0.559. The maximum Gasteiger partial charge on any atom is 0.105 e. The fourth-order valence-corrected chi connectivity index (χ4v) is 1.44. The first-order valence-corrected chi connectivity index (χ1v) is 5.03. The van der Waals surface area contributed by atoms with Gasteiger partial charge in [0.05, 0.1) is 20.1 Å². The smallest absolute Gasteiger partial charge is 0.105 e. The zero-order valence-corrected chi connectivity index (χ0v) is 9.26. The van der Waals surface area contributed by atoms with E-state index in [1.807, 2.05) is 0 Å². The van der Waals surface area contributed by atoms with Crippen molar-refractivity contribution in [2.24, 2.45) is 0 Å². The molecule has 0 aromatic rings. The summed E-state index contributed by atoms with van der Waals surface area (Å²) >= 11 is 0. The molecule has 1 atom stereocenters. The molecule has 0 aliphatic heterocycles. The van der Waals surface area contributed by atoms with Gasteiger partial charge >= 0.3 is 0 Å². The van der Waals surface area contributed by atoms with E-state index in [2.05, 4.69) is 34.7 Å². The van der Waals surface area contributed by atoms with Gasteiger partial charge in [-0.3, -0.25) is 0 Å². The van der Waals surface area contributed by atoms with Crippen molar-refractivity contribution in [3.8, 4) is 0 Å². The van der Waals surface area contributed by atoms with Crippen molar-refractivity contribution in [3.63, 3.8) is 0 Å². The Bertz CT molecular complexity index is 110. The summed E-state index contributed by atoms with van der Waals surface area (Å²) in [5.41, 5.74) is 0. The lowest BCUT2D eigenvalue weighted by Crippen LogP contribution is -2.48. The van der Waals surface area contributed by atoms with E-state index >= 15 is 0 Å². The molecule has 74 valence electrons. The average molecular weight is 174 g/mol. The lowest BCUT2D eigenvalue weighted by molar-refractivity contribution is -0.908. The van der Waals surface area contributed by atoms with Crippen LogP contribution in [0.5, 0.6) is 0 Å². The third-order valence-electron chi connectivity index (χ3n) is 2.68. The second-order valence-electron chi connectivity index (χ2n) is 3.70. The molecular formula is C10H24NO+. The van der Waals surface area contributed by atoms with Crippen molar-refractivity contribution in [2.45, 2.75) is 33.8 Å². The summed E-state index contributed by atoms with van der Waals surface area (Å²) < 4.78 is 6.64. The molecule has 0 N–H and O–H groups in total. The van der Waals surface area contributed by atoms with Crippen LogP contribution in [0.1, 0.15) is 27.7 Å². The van der Waals surface area contributed by atoms with Crippen molar-refractivity contribution >= 4 is 0 Å². The van der Waals surface area contributed by atoms with E-state index in [1.54, 1.807) is 0 Å². The molecule has 0 saturated carbocycles. The highest BCUT2D eigenvalue weighted by Gasteiger charge is 2.19. The minimum absolute atomic E-state index is 0.389. The zero-order chi connectivity index (χ0) is 9.61. The summed E-state index contributed by atoms with van der Waals surface area (Å²) in [6.07, 6.45) is 0.389. The molecule has 2 heteroatoms. The summed E-state index contributed by atoms with van der Waals surface area (Å²) in [6, 6.07) is 0. The van der Waals surface area contributed by atoms with Gasteiger partial charge in [0, 0.05) is 6.61 Å². The number of likely N-dealkylation sites (N-methyl/N-ethyl adjacent to an activating group) is 1. The van der Waals surface area contributed by atoms with Crippen LogP contribution in [0.4, 0.5) is 0 Å². The Balaban J connectivity index is 3.84. The molecule has 0 saturated heterocycles. The summed E-state index contributed by atoms with van der Waals surface area (Å²) in [7, 11) is 2.29. The molecule has 0 amide bonds. The summed E-state index contributed by atoms with van der Waals surface area (Å²) in [5.74, 6) is 0. The predicted octanol–water partition coefficient (Wildman–Crippen LogP) is 1.90. The van der Waals surface area contributed by atoms with Gasteiger partial charge in [0.15, 0.2) is 0 Å². The Morgan fingerprint density at radius 1 is 1.17 bits per heavy atom. The zero-order valence-electron chi connectivity index (χ0n) is 9.26. The van der Waals surface area contributed by atoms with E-state index in [0.717, 1.165) is 17.6 Å². The lowest BCUT2D eigenvalue weighted by Gasteiger charge is -2.34. The highest BCUT2D eigenvalue weighted by atomic mass is 16.5. The van der Waals surface area contributed by atoms with Crippen LogP contribution in [0.3, 0.4) is 0 Å². The van der Waals surface area contributed by atoms with Gasteiger partial charge < -0.3 is 9.22 Å². The van der Waals surface area contributed by atoms with E-state index < -0.39 is 0 Å². The van der Waals surface area contributed by atoms with Crippen molar-refractivity contribution < 1.29 is 9.22 Å². The monoisotopic (exact) mass is 174 g/mol. The molecule has 0 heterocycles. The van der Waals surface area contributed by atoms with Crippen molar-refractivity contribution in [2.75, 3.05) is 33.3 Å². The van der Waals surface area contributed by atoms with E-state index in [-0.39, 0.29) is 0 Å². The normalized spacial score (nSPS) is 14.8. The van der Waals surface area contributed by atoms with Crippen LogP contribution in [0.15, 0.2) is 0 Å². The minimum Gasteiger partial charge on any atom is -0.373 e. The van der Waals surface area contributed by atoms with Crippen molar-refractivity contribution in [1.82, 2.24) is 0 Å². The molecule has 12 heavy (non-hydrogen) atoms. The highest BCUT2D eigenvalue weighted by molar-refractivity contribution is 4.47. The fraction of sp³-hybridized carbons (Fsp3) is 1.00. The maximum atomic E-state index is 5.53. The molecule has 0 aromatic carbocycles. The molecule has 2 nitrogen and oxygen atoms in total. The largest absolute Gasteiger partial charge is 0.373 e. The van der Waals surface area contributed by atoms with Crippen LogP contribution in [0, 0.1) is 0 Å². The van der Waals surface area contributed by atoms with Gasteiger partial charge in [-0.15, -0.1) is 0 Å². The van der Waals surface area contributed by atoms with Gasteiger partial charge in [-0.1, -0.05) is 0 Å². The van der Waals surface area contributed by atoms with Crippen LogP contribution in [-0.4, -0.2) is 43.9 Å². The van der Waals surface area contributed by atoms with Crippen LogP contribution < -0.4 is 0 Å². The number of quaternary nitrogens is 1. The second kappa shape index (κ2) is 5.55. The van der Waals surface area contributed by atoms with Crippen LogP contribution >= 0.6 is 0 Å². The first-order chi connectivity index (χ1) is 5.58. The number of hydrogen-bond acceptors (Lipinski definition) is 1. The molecule has 0 rings (SSSR count). The van der Waals surface area contributed by atoms with Gasteiger partial charge in [0.2, 0.25) is 0 Å². The van der Waals surface area contributed by atoms with Gasteiger partial charge in [-0.05, 0) is 27.7 Å². The number of hydrogen-bond donors (Lipinski definition) is 0. The SMILES string of the molecule is CCOC(C)C[N+](C)(CC)CC. The van der Waals surface area contributed by atoms with E-state index in [9.17, 15) is 0 Å². The van der Waals surface area contributed by atoms with Gasteiger partial charge in [0.1, 0.15) is 12.6 Å². The summed E-state index contributed by atoms with van der Waals surface area (Å²) in [4.78, 5) is 0. The first kappa shape index (κ1) is 11.9. The lowest BCUT2D eigenvalue weighted by atomic mass is 10.3. The molecule has 0 fully saturated rings. The van der Waals surface area contributed by atoms with E-state index in [1.165, 1.54) is 13.1 Å². The third kappa shape index (κ3) is 4.07. The Hall–Kier alpha value is -0.0800. The van der Waals surface area contributed by atoms with Gasteiger partial charge in [-0.25, -0.2) is 0 Å². The number of nitrogens with zero attached hydrogens (tertiary/aromatic N) is 1. The Morgan fingerprint density at radius 3 is 2.00 bits per heavy atom. The second-order valence-corrected chi connectivity index (χ2v) is 3.70. The molecule has 0 radical (unpaired) electrons. The van der Waals surface area contributed by atoms with Crippen LogP contribution in [0.25, 0.3) is 0 Å². The summed E-state index contributed by atoms with van der Waals surface area (Å²) in [6.45, 7) is 13.0. The molecule has 0 spiro atoms. The Labute approximate surface area is 77.1 Å². The highest BCUT2D eigenvalue weighted by Crippen LogP contribution is 2.05. The topological polar surface area (TPSA) is 9.23 Å². The first-order valence-electron chi connectivity index (χ1n) is 5.03. The molecular weight excluding hydrogens is 150 g/mol. The fourth-order valence-electron chi connectivity index (χ4n) is 1.44. The third-order valence-corrected chi connectivity index (χ3v) is 2.68. The Morgan fingerprint density at radius 2 is 1.67 bits per heavy atom. The molecule has 1 unspecified atom stereocenters. The standard InChI is InChI=1S/C10H24NO/c1-6-11(5,7-2)9-10(4)12-8-3/h10H,6-9H2,1-5H3/q+1. The minimum atomic E-state index is 0.389. The predicted molar refractivity (Wildman–Crippen MR) is 53.2 cm³/mol. The van der Waals surface area contributed by atoms with Crippen molar-refractivity contribution in [1.29, 1.82) is 0 Å². The van der Waals surface area contributed by atoms with Crippen LogP contribution in [-0.2, 0) is 4.74 Å². The number of rotatable bonds is 6. The maximum absolute atomic E-state index is 5.53. The van der Waals surface area contributed by atoms with Gasteiger partial charge in [0.25, 0.3) is 0 Å². The summed E-state index contributed by atoms with van der Waals surface area (Å²) in [5, 5.41) is 0. The van der Waals surface area contributed by atoms with Gasteiger partial charge in [-0.2, -0.15) is 0 Å². The van der Waals surface area contributed by atoms with Crippen molar-refractivity contribution in [3.05, 3.63) is 0 Å². The Kier molecular flexibility index (Phi) is 5.51. The molecule has 0 bridgehead atoms.